The fraction of sp³-hybridized carbons (Fsp3) is 0.312. The number of carbonyl (C=O) groups excluding carboxylic acids is 1. The Kier molecular flexibility index (Phi) is 5.25. The summed E-state index contributed by atoms with van der Waals surface area (Å²) in [6.07, 6.45) is 2.80. The van der Waals surface area contributed by atoms with Crippen molar-refractivity contribution in [1.82, 2.24) is 5.32 Å². The van der Waals surface area contributed by atoms with Crippen molar-refractivity contribution in [3.63, 3.8) is 0 Å². The molecule has 5 heteroatoms. The molecule has 0 saturated carbocycles. The van der Waals surface area contributed by atoms with Crippen LogP contribution in [0.25, 0.3) is 6.08 Å². The summed E-state index contributed by atoms with van der Waals surface area (Å²) in [5.74, 6) is -1.56. The maximum Gasteiger partial charge on any atom is 0.326 e. The molecule has 0 unspecified atom stereocenters. The fourth-order valence-corrected chi connectivity index (χ4v) is 1.72. The van der Waals surface area contributed by atoms with Gasteiger partial charge in [-0.2, -0.15) is 5.26 Å². The molecule has 21 heavy (non-hydrogen) atoms. The van der Waals surface area contributed by atoms with Crippen molar-refractivity contribution >= 4 is 18.0 Å². The molecule has 0 saturated heterocycles. The Bertz CT molecular complexity index is 607. The average molecular weight is 286 g/mol. The number of nitriles is 1. The Morgan fingerprint density at radius 2 is 2.05 bits per heavy atom. The molecule has 0 aliphatic carbocycles. The van der Waals surface area contributed by atoms with Crippen molar-refractivity contribution in [3.8, 4) is 6.07 Å². The van der Waals surface area contributed by atoms with Gasteiger partial charge in [-0.25, -0.2) is 4.79 Å². The van der Waals surface area contributed by atoms with E-state index in [0.29, 0.717) is 11.1 Å². The van der Waals surface area contributed by atoms with E-state index in [1.807, 2.05) is 6.07 Å². The van der Waals surface area contributed by atoms with Crippen molar-refractivity contribution in [3.05, 3.63) is 41.5 Å². The SMILES string of the molecule is CC(C)(C)[C@@H](NC(=O)/C=C/c1cccc(C#N)c1)C(=O)O. The van der Waals surface area contributed by atoms with Gasteiger partial charge in [0.15, 0.2) is 0 Å². The van der Waals surface area contributed by atoms with Gasteiger partial charge in [-0.05, 0) is 29.2 Å². The summed E-state index contributed by atoms with van der Waals surface area (Å²) < 4.78 is 0. The monoisotopic (exact) mass is 286 g/mol. The van der Waals surface area contributed by atoms with Crippen molar-refractivity contribution in [2.24, 2.45) is 5.41 Å². The Morgan fingerprint density at radius 3 is 2.57 bits per heavy atom. The highest BCUT2D eigenvalue weighted by molar-refractivity contribution is 5.94. The molecular weight excluding hydrogens is 268 g/mol. The zero-order valence-corrected chi connectivity index (χ0v) is 12.3. The van der Waals surface area contributed by atoms with Crippen LogP contribution in [-0.4, -0.2) is 23.0 Å². The van der Waals surface area contributed by atoms with Crippen LogP contribution < -0.4 is 5.32 Å². The molecule has 0 fully saturated rings. The molecule has 1 rings (SSSR count). The van der Waals surface area contributed by atoms with Crippen LogP contribution in [0, 0.1) is 16.7 Å². The van der Waals surface area contributed by atoms with E-state index in [0.717, 1.165) is 0 Å². The van der Waals surface area contributed by atoms with Gasteiger partial charge in [0.2, 0.25) is 5.91 Å². The highest BCUT2D eigenvalue weighted by Crippen LogP contribution is 2.19. The number of hydrogen-bond acceptors (Lipinski definition) is 3. The minimum atomic E-state index is -1.07. The third-order valence-electron chi connectivity index (χ3n) is 2.84. The molecule has 1 aromatic carbocycles. The maximum absolute atomic E-state index is 11.8. The molecule has 1 amide bonds. The summed E-state index contributed by atoms with van der Waals surface area (Å²) in [7, 11) is 0. The predicted molar refractivity (Wildman–Crippen MR) is 79.2 cm³/mol. The molecule has 0 aliphatic rings. The Balaban J connectivity index is 2.79. The molecule has 0 aromatic heterocycles. The minimum Gasteiger partial charge on any atom is -0.480 e. The smallest absolute Gasteiger partial charge is 0.326 e. The van der Waals surface area contributed by atoms with E-state index < -0.39 is 23.3 Å². The van der Waals surface area contributed by atoms with Crippen LogP contribution in [0.1, 0.15) is 31.9 Å². The third-order valence-corrected chi connectivity index (χ3v) is 2.84. The number of nitrogens with zero attached hydrogens (tertiary/aromatic N) is 1. The minimum absolute atomic E-state index is 0.486. The molecule has 5 nitrogen and oxygen atoms in total. The first kappa shape index (κ1) is 16.4. The molecule has 110 valence electrons. The zero-order valence-electron chi connectivity index (χ0n) is 12.3. The van der Waals surface area contributed by atoms with Gasteiger partial charge in [0, 0.05) is 6.08 Å². The second kappa shape index (κ2) is 6.71. The predicted octanol–water partition coefficient (Wildman–Crippen LogP) is 2.19. The summed E-state index contributed by atoms with van der Waals surface area (Å²) in [6, 6.07) is 7.81. The van der Waals surface area contributed by atoms with Gasteiger partial charge in [0.1, 0.15) is 6.04 Å². The van der Waals surface area contributed by atoms with Gasteiger partial charge < -0.3 is 10.4 Å². The van der Waals surface area contributed by atoms with E-state index in [1.165, 1.54) is 12.2 Å². The van der Waals surface area contributed by atoms with E-state index in [9.17, 15) is 9.59 Å². The van der Waals surface area contributed by atoms with Crippen molar-refractivity contribution < 1.29 is 14.7 Å². The van der Waals surface area contributed by atoms with Gasteiger partial charge in [0.25, 0.3) is 0 Å². The first-order valence-corrected chi connectivity index (χ1v) is 6.45. The molecule has 0 heterocycles. The largest absolute Gasteiger partial charge is 0.480 e. The number of aliphatic carboxylic acids is 1. The molecule has 1 aromatic rings. The van der Waals surface area contributed by atoms with Gasteiger partial charge in [-0.15, -0.1) is 0 Å². The van der Waals surface area contributed by atoms with E-state index in [-0.39, 0.29) is 0 Å². The van der Waals surface area contributed by atoms with Crippen molar-refractivity contribution in [1.29, 1.82) is 5.26 Å². The summed E-state index contributed by atoms with van der Waals surface area (Å²) in [6.45, 7) is 5.23. The summed E-state index contributed by atoms with van der Waals surface area (Å²) >= 11 is 0. The molecule has 0 spiro atoms. The lowest BCUT2D eigenvalue weighted by Crippen LogP contribution is -2.48. The Morgan fingerprint density at radius 1 is 1.38 bits per heavy atom. The number of benzene rings is 1. The number of carboxylic acids is 1. The number of nitrogens with one attached hydrogen (secondary N) is 1. The summed E-state index contributed by atoms with van der Waals surface area (Å²) in [4.78, 5) is 23.0. The number of carbonyl (C=O) groups is 2. The fourth-order valence-electron chi connectivity index (χ4n) is 1.72. The van der Waals surface area contributed by atoms with Crippen LogP contribution >= 0.6 is 0 Å². The van der Waals surface area contributed by atoms with E-state index in [1.54, 1.807) is 45.0 Å². The highest BCUT2D eigenvalue weighted by atomic mass is 16.4. The molecule has 2 N–H and O–H groups in total. The number of amides is 1. The molecule has 1 atom stereocenters. The number of carboxylic acid groups (broad SMARTS) is 1. The van der Waals surface area contributed by atoms with Crippen LogP contribution in [-0.2, 0) is 9.59 Å². The molecule has 0 radical (unpaired) electrons. The second-order valence-electron chi connectivity index (χ2n) is 5.72. The van der Waals surface area contributed by atoms with Crippen LogP contribution in [0.4, 0.5) is 0 Å². The lowest BCUT2D eigenvalue weighted by Gasteiger charge is -2.27. The summed E-state index contributed by atoms with van der Waals surface area (Å²) in [5, 5.41) is 20.4. The quantitative estimate of drug-likeness (QED) is 0.830. The second-order valence-corrected chi connectivity index (χ2v) is 5.72. The molecule has 0 aliphatic heterocycles. The van der Waals surface area contributed by atoms with Gasteiger partial charge in [-0.1, -0.05) is 32.9 Å². The van der Waals surface area contributed by atoms with Crippen LogP contribution in [0.5, 0.6) is 0 Å². The lowest BCUT2D eigenvalue weighted by molar-refractivity contribution is -0.144. The van der Waals surface area contributed by atoms with E-state index in [4.69, 9.17) is 10.4 Å². The van der Waals surface area contributed by atoms with Crippen molar-refractivity contribution in [2.45, 2.75) is 26.8 Å². The zero-order chi connectivity index (χ0) is 16.0. The van der Waals surface area contributed by atoms with Gasteiger partial charge >= 0.3 is 5.97 Å². The number of rotatable bonds is 4. The lowest BCUT2D eigenvalue weighted by atomic mass is 9.87. The first-order chi connectivity index (χ1) is 9.74. The van der Waals surface area contributed by atoms with Crippen LogP contribution in [0.2, 0.25) is 0 Å². The van der Waals surface area contributed by atoms with Gasteiger partial charge in [0.05, 0.1) is 11.6 Å². The van der Waals surface area contributed by atoms with Gasteiger partial charge in [-0.3, -0.25) is 4.79 Å². The van der Waals surface area contributed by atoms with Crippen LogP contribution in [0.3, 0.4) is 0 Å². The molecule has 0 bridgehead atoms. The normalized spacial score (nSPS) is 12.7. The first-order valence-electron chi connectivity index (χ1n) is 6.45. The van der Waals surface area contributed by atoms with Crippen LogP contribution in [0.15, 0.2) is 30.3 Å². The highest BCUT2D eigenvalue weighted by Gasteiger charge is 2.31. The number of hydrogen-bond donors (Lipinski definition) is 2. The Labute approximate surface area is 123 Å². The average Bonchev–Trinajstić information content (AvgIpc) is 2.41. The summed E-state index contributed by atoms with van der Waals surface area (Å²) in [5.41, 5.74) is 0.610. The standard InChI is InChI=1S/C16H18N2O3/c1-16(2,3)14(15(20)21)18-13(19)8-7-11-5-4-6-12(9-11)10-17/h4-9,14H,1-3H3,(H,18,19)(H,20,21)/b8-7+/t14-/m0/s1. The third kappa shape index (κ3) is 5.11. The van der Waals surface area contributed by atoms with Crippen molar-refractivity contribution in [2.75, 3.05) is 0 Å². The maximum atomic E-state index is 11.8. The van der Waals surface area contributed by atoms with E-state index >= 15 is 0 Å². The molecular formula is C16H18N2O3. The van der Waals surface area contributed by atoms with E-state index in [2.05, 4.69) is 5.32 Å². The topological polar surface area (TPSA) is 90.2 Å². The Hall–Kier alpha value is -2.61.